The Labute approximate surface area is 97.7 Å². The van der Waals surface area contributed by atoms with Crippen LogP contribution >= 0.6 is 0 Å². The van der Waals surface area contributed by atoms with Gasteiger partial charge >= 0.3 is 0 Å². The molecule has 0 aliphatic carbocycles. The molecule has 0 radical (unpaired) electrons. The van der Waals surface area contributed by atoms with Gasteiger partial charge in [0.05, 0.1) is 12.2 Å². The largest absolute Gasteiger partial charge is 0.379 e. The summed E-state index contributed by atoms with van der Waals surface area (Å²) in [6.45, 7) is 6.49. The molecule has 0 fully saturated rings. The summed E-state index contributed by atoms with van der Waals surface area (Å²) < 4.78 is 10.7. The average Bonchev–Trinajstić information content (AvgIpc) is 2.24. The lowest BCUT2D eigenvalue weighted by molar-refractivity contribution is -0.126. The van der Waals surface area contributed by atoms with Gasteiger partial charge in [0.15, 0.2) is 0 Å². The van der Waals surface area contributed by atoms with Gasteiger partial charge in [0.2, 0.25) is 5.91 Å². The van der Waals surface area contributed by atoms with E-state index in [0.717, 1.165) is 6.42 Å². The Balaban J connectivity index is 3.94. The molecule has 0 heterocycles. The Hall–Kier alpha value is -0.650. The van der Waals surface area contributed by atoms with Crippen LogP contribution in [0.2, 0.25) is 0 Å². The zero-order valence-corrected chi connectivity index (χ0v) is 10.9. The number of rotatable bonds is 8. The lowest BCUT2D eigenvalue weighted by Gasteiger charge is -2.27. The number of hydrogen-bond acceptors (Lipinski definition) is 4. The predicted molar refractivity (Wildman–Crippen MR) is 63.2 cm³/mol. The number of carbonyl (C=O) groups is 1. The number of hydrogen-bond donors (Lipinski definition) is 2. The van der Waals surface area contributed by atoms with Crippen LogP contribution in [0.4, 0.5) is 0 Å². The molecule has 0 bridgehead atoms. The van der Waals surface area contributed by atoms with Gasteiger partial charge in [-0.05, 0) is 34.2 Å². The quantitative estimate of drug-likeness (QED) is 0.590. The first-order valence-corrected chi connectivity index (χ1v) is 5.39. The summed E-state index contributed by atoms with van der Waals surface area (Å²) in [6, 6.07) is 0. The van der Waals surface area contributed by atoms with Crippen molar-refractivity contribution in [1.82, 2.24) is 5.32 Å². The molecule has 0 spiro atoms. The molecule has 5 heteroatoms. The smallest absolute Gasteiger partial charge is 0.239 e. The van der Waals surface area contributed by atoms with Crippen molar-refractivity contribution >= 4 is 5.91 Å². The minimum atomic E-state index is -0.808. The van der Waals surface area contributed by atoms with Gasteiger partial charge in [-0.15, -0.1) is 0 Å². The summed E-state index contributed by atoms with van der Waals surface area (Å²) in [5.74, 6) is -0.416. The van der Waals surface area contributed by atoms with Crippen molar-refractivity contribution in [3.8, 4) is 0 Å². The van der Waals surface area contributed by atoms with Gasteiger partial charge in [0.25, 0.3) is 0 Å². The maximum absolute atomic E-state index is 11.2. The summed E-state index contributed by atoms with van der Waals surface area (Å²) in [4.78, 5) is 11.2. The summed E-state index contributed by atoms with van der Waals surface area (Å²) in [5, 5.41) is 2.86. The second-order valence-corrected chi connectivity index (χ2v) is 4.71. The van der Waals surface area contributed by atoms with Crippen molar-refractivity contribution in [1.29, 1.82) is 0 Å². The van der Waals surface area contributed by atoms with Crippen LogP contribution in [0.3, 0.4) is 0 Å². The van der Waals surface area contributed by atoms with Crippen LogP contribution in [0, 0.1) is 0 Å². The van der Waals surface area contributed by atoms with Crippen LogP contribution in [-0.2, 0) is 14.3 Å². The normalized spacial score (nSPS) is 15.8. The van der Waals surface area contributed by atoms with Crippen molar-refractivity contribution in [2.45, 2.75) is 38.3 Å². The molecule has 0 rings (SSSR count). The zero-order chi connectivity index (χ0) is 12.8. The highest BCUT2D eigenvalue weighted by Gasteiger charge is 2.29. The van der Waals surface area contributed by atoms with E-state index >= 15 is 0 Å². The first-order chi connectivity index (χ1) is 7.27. The van der Waals surface area contributed by atoms with Crippen molar-refractivity contribution in [3.05, 3.63) is 0 Å². The van der Waals surface area contributed by atoms with E-state index in [4.69, 9.17) is 15.2 Å². The topological polar surface area (TPSA) is 73.6 Å². The highest BCUT2D eigenvalue weighted by atomic mass is 16.5. The monoisotopic (exact) mass is 232 g/mol. The van der Waals surface area contributed by atoms with Crippen LogP contribution in [0.15, 0.2) is 0 Å². The highest BCUT2D eigenvalue weighted by Crippen LogP contribution is 2.13. The van der Waals surface area contributed by atoms with E-state index in [-0.39, 0.29) is 12.2 Å². The molecule has 0 aliphatic rings. The first-order valence-electron chi connectivity index (χ1n) is 5.39. The van der Waals surface area contributed by atoms with E-state index in [2.05, 4.69) is 5.32 Å². The average molecular weight is 232 g/mol. The Bertz CT molecular complexity index is 231. The number of methoxy groups -OCH3 is 1. The Morgan fingerprint density at radius 1 is 1.38 bits per heavy atom. The highest BCUT2D eigenvalue weighted by molar-refractivity contribution is 5.84. The molecule has 0 aliphatic heterocycles. The lowest BCUT2D eigenvalue weighted by Crippen LogP contribution is -2.55. The van der Waals surface area contributed by atoms with Crippen LogP contribution in [0.5, 0.6) is 0 Å². The molecule has 0 aromatic heterocycles. The van der Waals surface area contributed by atoms with Gasteiger partial charge in [0, 0.05) is 13.7 Å². The standard InChI is InChI=1S/C11H24N2O3/c1-10(2,15-5)6-7-16-8-11(3,13-4)9(12)14/h13H,6-8H2,1-5H3,(H2,12,14). The molecular weight excluding hydrogens is 208 g/mol. The van der Waals surface area contributed by atoms with Crippen molar-refractivity contribution in [3.63, 3.8) is 0 Å². The van der Waals surface area contributed by atoms with E-state index in [1.807, 2.05) is 13.8 Å². The number of nitrogens with one attached hydrogen (secondary N) is 1. The van der Waals surface area contributed by atoms with Gasteiger partial charge < -0.3 is 20.5 Å². The minimum Gasteiger partial charge on any atom is -0.379 e. The molecule has 0 aromatic rings. The van der Waals surface area contributed by atoms with E-state index in [9.17, 15) is 4.79 Å². The third-order valence-electron chi connectivity index (χ3n) is 2.89. The third kappa shape index (κ3) is 4.92. The van der Waals surface area contributed by atoms with Crippen LogP contribution < -0.4 is 11.1 Å². The Morgan fingerprint density at radius 2 is 1.94 bits per heavy atom. The number of ether oxygens (including phenoxy) is 2. The fourth-order valence-electron chi connectivity index (χ4n) is 0.963. The number of nitrogens with two attached hydrogens (primary N) is 1. The SMILES string of the molecule is CNC(C)(COCCC(C)(C)OC)C(N)=O. The molecule has 1 unspecified atom stereocenters. The summed E-state index contributed by atoms with van der Waals surface area (Å²) in [7, 11) is 3.36. The van der Waals surface area contributed by atoms with Gasteiger partial charge in [-0.2, -0.15) is 0 Å². The van der Waals surface area contributed by atoms with Crippen molar-refractivity contribution in [2.24, 2.45) is 5.73 Å². The first kappa shape index (κ1) is 15.3. The Morgan fingerprint density at radius 3 is 2.31 bits per heavy atom. The van der Waals surface area contributed by atoms with Crippen LogP contribution in [-0.4, -0.2) is 44.4 Å². The maximum atomic E-state index is 11.2. The molecule has 0 saturated carbocycles. The molecule has 5 nitrogen and oxygen atoms in total. The molecular formula is C11H24N2O3. The van der Waals surface area contributed by atoms with Crippen LogP contribution in [0.1, 0.15) is 27.2 Å². The zero-order valence-electron chi connectivity index (χ0n) is 10.9. The molecule has 1 amide bonds. The van der Waals surface area contributed by atoms with Crippen molar-refractivity contribution in [2.75, 3.05) is 27.4 Å². The third-order valence-corrected chi connectivity index (χ3v) is 2.89. The van der Waals surface area contributed by atoms with E-state index in [1.54, 1.807) is 21.1 Å². The minimum absolute atomic E-state index is 0.206. The number of carbonyl (C=O) groups excluding carboxylic acids is 1. The predicted octanol–water partition coefficient (Wildman–Crippen LogP) is 0.282. The lowest BCUT2D eigenvalue weighted by atomic mass is 10.0. The molecule has 16 heavy (non-hydrogen) atoms. The van der Waals surface area contributed by atoms with Gasteiger partial charge in [-0.25, -0.2) is 0 Å². The van der Waals surface area contributed by atoms with E-state index < -0.39 is 11.4 Å². The summed E-state index contributed by atoms with van der Waals surface area (Å²) >= 11 is 0. The molecule has 0 saturated heterocycles. The molecule has 3 N–H and O–H groups in total. The van der Waals surface area contributed by atoms with Crippen molar-refractivity contribution < 1.29 is 14.3 Å². The fourth-order valence-corrected chi connectivity index (χ4v) is 0.963. The van der Waals surface area contributed by atoms with E-state index in [1.165, 1.54) is 0 Å². The number of amides is 1. The second kappa shape index (κ2) is 6.18. The Kier molecular flexibility index (Phi) is 5.92. The van der Waals surface area contributed by atoms with Gasteiger partial charge in [0.1, 0.15) is 5.54 Å². The molecule has 0 aromatic carbocycles. The van der Waals surface area contributed by atoms with E-state index in [0.29, 0.717) is 6.61 Å². The van der Waals surface area contributed by atoms with Gasteiger partial charge in [-0.3, -0.25) is 4.79 Å². The second-order valence-electron chi connectivity index (χ2n) is 4.71. The van der Waals surface area contributed by atoms with Gasteiger partial charge in [-0.1, -0.05) is 0 Å². The molecule has 1 atom stereocenters. The summed E-state index contributed by atoms with van der Waals surface area (Å²) in [5.41, 5.74) is 4.26. The fraction of sp³-hybridized carbons (Fsp3) is 0.909. The molecule has 96 valence electrons. The summed E-state index contributed by atoms with van der Waals surface area (Å²) in [6.07, 6.45) is 0.766. The maximum Gasteiger partial charge on any atom is 0.239 e. The number of likely N-dealkylation sites (N-methyl/N-ethyl adjacent to an activating group) is 1. The van der Waals surface area contributed by atoms with Crippen LogP contribution in [0.25, 0.3) is 0 Å². The number of primary amides is 1.